The molecule has 1 heterocycles. The lowest BCUT2D eigenvalue weighted by Crippen LogP contribution is -2.16. The second-order valence-corrected chi connectivity index (χ2v) is 4.64. The molecule has 0 spiro atoms. The minimum atomic E-state index is 1.21. The van der Waals surface area contributed by atoms with Gasteiger partial charge in [0, 0.05) is 17.9 Å². The molecule has 15 heavy (non-hydrogen) atoms. The summed E-state index contributed by atoms with van der Waals surface area (Å²) in [5.74, 6) is 0. The van der Waals surface area contributed by atoms with E-state index in [1.165, 1.54) is 43.5 Å². The van der Waals surface area contributed by atoms with Gasteiger partial charge in [-0.3, -0.25) is 0 Å². The van der Waals surface area contributed by atoms with Crippen molar-refractivity contribution in [1.29, 1.82) is 0 Å². The Bertz CT molecular complexity index is 394. The lowest BCUT2D eigenvalue weighted by Gasteiger charge is -2.20. The van der Waals surface area contributed by atoms with E-state index in [9.17, 15) is 0 Å². The number of hydrogen-bond donors (Lipinski definition) is 0. The van der Waals surface area contributed by atoms with E-state index in [1.807, 2.05) is 0 Å². The SMILES string of the molecule is Cc1ccc(N2CCCC2=C2CC2)cc1. The van der Waals surface area contributed by atoms with Crippen LogP contribution < -0.4 is 4.90 Å². The molecule has 1 aromatic rings. The molecule has 1 nitrogen and oxygen atoms in total. The summed E-state index contributed by atoms with van der Waals surface area (Å²) in [7, 11) is 0. The number of rotatable bonds is 1. The monoisotopic (exact) mass is 199 g/mol. The highest BCUT2D eigenvalue weighted by Crippen LogP contribution is 2.39. The average Bonchev–Trinajstić information content (AvgIpc) is 2.98. The van der Waals surface area contributed by atoms with E-state index < -0.39 is 0 Å². The Morgan fingerprint density at radius 2 is 1.73 bits per heavy atom. The van der Waals surface area contributed by atoms with Crippen LogP contribution in [0.4, 0.5) is 5.69 Å². The summed E-state index contributed by atoms with van der Waals surface area (Å²) in [5.41, 5.74) is 6.05. The van der Waals surface area contributed by atoms with Gasteiger partial charge in [0.15, 0.2) is 0 Å². The average molecular weight is 199 g/mol. The fourth-order valence-electron chi connectivity index (χ4n) is 2.40. The molecule has 78 valence electrons. The topological polar surface area (TPSA) is 3.24 Å². The zero-order valence-corrected chi connectivity index (χ0v) is 9.29. The van der Waals surface area contributed by atoms with Crippen LogP contribution in [0.2, 0.25) is 0 Å². The highest BCUT2D eigenvalue weighted by atomic mass is 15.2. The van der Waals surface area contributed by atoms with Crippen LogP contribution in [0, 0.1) is 6.92 Å². The Morgan fingerprint density at radius 3 is 2.40 bits per heavy atom. The summed E-state index contributed by atoms with van der Waals surface area (Å²) in [4.78, 5) is 2.52. The van der Waals surface area contributed by atoms with E-state index in [4.69, 9.17) is 0 Å². The number of anilines is 1. The molecule has 0 bridgehead atoms. The minimum Gasteiger partial charge on any atom is -0.345 e. The molecule has 2 aliphatic rings. The predicted octanol–water partition coefficient (Wildman–Crippen LogP) is 3.64. The Kier molecular flexibility index (Phi) is 2.05. The van der Waals surface area contributed by atoms with Gasteiger partial charge in [-0.05, 0) is 44.7 Å². The maximum absolute atomic E-state index is 2.52. The summed E-state index contributed by atoms with van der Waals surface area (Å²) in [6.45, 7) is 3.36. The minimum absolute atomic E-state index is 1.21. The van der Waals surface area contributed by atoms with Crippen molar-refractivity contribution < 1.29 is 0 Å². The third-order valence-electron chi connectivity index (χ3n) is 3.37. The first kappa shape index (κ1) is 9.02. The summed E-state index contributed by atoms with van der Waals surface area (Å²) in [6.07, 6.45) is 5.31. The number of hydrogen-bond acceptors (Lipinski definition) is 1. The molecule has 0 unspecified atom stereocenters. The lowest BCUT2D eigenvalue weighted by atomic mass is 10.2. The van der Waals surface area contributed by atoms with E-state index in [0.717, 1.165) is 0 Å². The molecule has 0 radical (unpaired) electrons. The van der Waals surface area contributed by atoms with Crippen molar-refractivity contribution in [3.05, 3.63) is 41.1 Å². The van der Waals surface area contributed by atoms with Crippen LogP contribution in [0.3, 0.4) is 0 Å². The van der Waals surface area contributed by atoms with Crippen molar-refractivity contribution in [2.24, 2.45) is 0 Å². The summed E-state index contributed by atoms with van der Waals surface area (Å²) in [6, 6.07) is 8.93. The molecular weight excluding hydrogens is 182 g/mol. The summed E-state index contributed by atoms with van der Waals surface area (Å²) < 4.78 is 0. The molecule has 1 aliphatic heterocycles. The smallest absolute Gasteiger partial charge is 0.0408 e. The maximum Gasteiger partial charge on any atom is 0.0408 e. The van der Waals surface area contributed by atoms with Gasteiger partial charge in [0.25, 0.3) is 0 Å². The first-order valence-electron chi connectivity index (χ1n) is 5.90. The van der Waals surface area contributed by atoms with Crippen molar-refractivity contribution in [1.82, 2.24) is 0 Å². The number of nitrogens with zero attached hydrogens (tertiary/aromatic N) is 1. The number of aryl methyl sites for hydroxylation is 1. The Balaban J connectivity index is 1.93. The van der Waals surface area contributed by atoms with Crippen LogP contribution in [0.15, 0.2) is 35.5 Å². The van der Waals surface area contributed by atoms with Gasteiger partial charge >= 0.3 is 0 Å². The summed E-state index contributed by atoms with van der Waals surface area (Å²) in [5, 5.41) is 0. The zero-order chi connectivity index (χ0) is 10.3. The highest BCUT2D eigenvalue weighted by molar-refractivity contribution is 5.56. The van der Waals surface area contributed by atoms with E-state index >= 15 is 0 Å². The van der Waals surface area contributed by atoms with Crippen LogP contribution >= 0.6 is 0 Å². The molecule has 0 atom stereocenters. The molecule has 1 saturated heterocycles. The van der Waals surface area contributed by atoms with Crippen molar-refractivity contribution in [2.75, 3.05) is 11.4 Å². The third-order valence-corrected chi connectivity index (χ3v) is 3.37. The molecule has 0 aromatic heterocycles. The normalized spacial score (nSPS) is 19.9. The molecule has 3 rings (SSSR count). The van der Waals surface area contributed by atoms with Gasteiger partial charge < -0.3 is 4.90 Å². The summed E-state index contributed by atoms with van der Waals surface area (Å²) >= 11 is 0. The fourth-order valence-corrected chi connectivity index (χ4v) is 2.40. The third kappa shape index (κ3) is 1.67. The Hall–Kier alpha value is -1.24. The van der Waals surface area contributed by atoms with Gasteiger partial charge in [0.2, 0.25) is 0 Å². The van der Waals surface area contributed by atoms with E-state index in [0.29, 0.717) is 0 Å². The van der Waals surface area contributed by atoms with Crippen molar-refractivity contribution in [3.8, 4) is 0 Å². The van der Waals surface area contributed by atoms with Gasteiger partial charge in [0.1, 0.15) is 0 Å². The molecule has 1 saturated carbocycles. The maximum atomic E-state index is 2.52. The van der Waals surface area contributed by atoms with Crippen molar-refractivity contribution >= 4 is 5.69 Å². The van der Waals surface area contributed by atoms with Crippen molar-refractivity contribution in [3.63, 3.8) is 0 Å². The van der Waals surface area contributed by atoms with Crippen LogP contribution in [-0.2, 0) is 0 Å². The quantitative estimate of drug-likeness (QED) is 0.667. The molecular formula is C14H17N. The number of benzene rings is 1. The van der Waals surface area contributed by atoms with E-state index in [1.54, 1.807) is 11.3 Å². The van der Waals surface area contributed by atoms with Gasteiger partial charge in [-0.25, -0.2) is 0 Å². The molecule has 0 amide bonds. The second-order valence-electron chi connectivity index (χ2n) is 4.64. The Labute approximate surface area is 91.4 Å². The van der Waals surface area contributed by atoms with Crippen LogP contribution in [0.25, 0.3) is 0 Å². The van der Waals surface area contributed by atoms with Gasteiger partial charge in [-0.2, -0.15) is 0 Å². The first-order valence-corrected chi connectivity index (χ1v) is 5.90. The second kappa shape index (κ2) is 3.41. The lowest BCUT2D eigenvalue weighted by molar-refractivity contribution is 0.956. The van der Waals surface area contributed by atoms with Gasteiger partial charge in [-0.15, -0.1) is 0 Å². The predicted molar refractivity (Wildman–Crippen MR) is 64.0 cm³/mol. The molecule has 0 N–H and O–H groups in total. The van der Waals surface area contributed by atoms with Crippen molar-refractivity contribution in [2.45, 2.75) is 32.6 Å². The largest absolute Gasteiger partial charge is 0.345 e. The molecule has 1 aliphatic carbocycles. The highest BCUT2D eigenvalue weighted by Gasteiger charge is 2.26. The van der Waals surface area contributed by atoms with Crippen LogP contribution in [-0.4, -0.2) is 6.54 Å². The first-order chi connectivity index (χ1) is 7.34. The van der Waals surface area contributed by atoms with E-state index in [2.05, 4.69) is 36.1 Å². The fraction of sp³-hybridized carbons (Fsp3) is 0.429. The van der Waals surface area contributed by atoms with Gasteiger partial charge in [0.05, 0.1) is 0 Å². The molecule has 1 heteroatoms. The zero-order valence-electron chi connectivity index (χ0n) is 9.29. The Morgan fingerprint density at radius 1 is 1.00 bits per heavy atom. The van der Waals surface area contributed by atoms with E-state index in [-0.39, 0.29) is 0 Å². The van der Waals surface area contributed by atoms with Gasteiger partial charge in [-0.1, -0.05) is 23.3 Å². The standard InChI is InChI=1S/C14H17N/c1-11-4-8-13(9-5-11)15-10-2-3-14(15)12-6-7-12/h4-5,8-9H,2-3,6-7,10H2,1H3. The number of allylic oxidation sites excluding steroid dienone is 2. The molecule has 2 fully saturated rings. The van der Waals surface area contributed by atoms with Crippen LogP contribution in [0.5, 0.6) is 0 Å². The van der Waals surface area contributed by atoms with Crippen LogP contribution in [0.1, 0.15) is 31.2 Å². The molecule has 1 aromatic carbocycles.